The van der Waals surface area contributed by atoms with E-state index < -0.39 is 6.04 Å². The number of nitrogens with one attached hydrogen (secondary N) is 1. The van der Waals surface area contributed by atoms with Gasteiger partial charge in [-0.05, 0) is 25.0 Å². The highest BCUT2D eigenvalue weighted by Crippen LogP contribution is 2.19. The first-order valence-electron chi connectivity index (χ1n) is 7.25. The molecule has 0 aliphatic heterocycles. The van der Waals surface area contributed by atoms with Crippen molar-refractivity contribution in [1.29, 1.82) is 0 Å². The Bertz CT molecular complexity index is 594. The van der Waals surface area contributed by atoms with Gasteiger partial charge in [0.05, 0.1) is 12.6 Å². The second-order valence-electron chi connectivity index (χ2n) is 5.08. The lowest BCUT2D eigenvalue weighted by Crippen LogP contribution is -2.46. The quantitative estimate of drug-likeness (QED) is 0.812. The van der Waals surface area contributed by atoms with E-state index in [1.807, 2.05) is 37.4 Å². The first kappa shape index (κ1) is 15.5. The molecule has 0 unspecified atom stereocenters. The fraction of sp³-hybridized carbons (Fsp3) is 0.438. The fourth-order valence-electron chi connectivity index (χ4n) is 2.48. The second-order valence-corrected chi connectivity index (χ2v) is 5.08. The number of benzene rings is 1. The minimum atomic E-state index is -0.527. The Labute approximate surface area is 125 Å². The number of ether oxygens (including phenoxy) is 1. The number of nitrogens with two attached hydrogens (primary N) is 1. The van der Waals surface area contributed by atoms with Crippen molar-refractivity contribution >= 4 is 16.8 Å². The molecule has 3 N–H and O–H groups in total. The summed E-state index contributed by atoms with van der Waals surface area (Å²) < 4.78 is 5.03. The fourth-order valence-corrected chi connectivity index (χ4v) is 2.48. The van der Waals surface area contributed by atoms with Crippen LogP contribution >= 0.6 is 0 Å². The standard InChI is InChI=1S/C16H23N3O2/c1-3-19(8-9-21-2)16(20)14(17)10-12-11-18-15-7-5-4-6-13(12)15/h4-7,11,14,18H,3,8-10,17H2,1-2H3/t14-/m0/s1. The number of fused-ring (bicyclic) bond motifs is 1. The van der Waals surface area contributed by atoms with Crippen molar-refractivity contribution < 1.29 is 9.53 Å². The Hall–Kier alpha value is -1.85. The van der Waals surface area contributed by atoms with Gasteiger partial charge in [-0.25, -0.2) is 0 Å². The number of aromatic amines is 1. The van der Waals surface area contributed by atoms with Gasteiger partial charge >= 0.3 is 0 Å². The number of aromatic nitrogens is 1. The molecule has 1 amide bonds. The zero-order valence-electron chi connectivity index (χ0n) is 12.6. The minimum Gasteiger partial charge on any atom is -0.383 e. The summed E-state index contributed by atoms with van der Waals surface area (Å²) in [6, 6.07) is 7.51. The molecule has 1 aromatic carbocycles. The van der Waals surface area contributed by atoms with Crippen molar-refractivity contribution in [2.24, 2.45) is 5.73 Å². The van der Waals surface area contributed by atoms with Crippen LogP contribution in [0.2, 0.25) is 0 Å². The van der Waals surface area contributed by atoms with Crippen LogP contribution in [0.4, 0.5) is 0 Å². The van der Waals surface area contributed by atoms with Crippen molar-refractivity contribution in [1.82, 2.24) is 9.88 Å². The molecule has 0 spiro atoms. The summed E-state index contributed by atoms with van der Waals surface area (Å²) in [7, 11) is 1.63. The van der Waals surface area contributed by atoms with Crippen LogP contribution in [-0.2, 0) is 16.0 Å². The number of likely N-dealkylation sites (N-methyl/N-ethyl adjacent to an activating group) is 1. The van der Waals surface area contributed by atoms with E-state index in [1.54, 1.807) is 12.0 Å². The molecule has 2 rings (SSSR count). The zero-order chi connectivity index (χ0) is 15.2. The van der Waals surface area contributed by atoms with Crippen LogP contribution in [0.5, 0.6) is 0 Å². The van der Waals surface area contributed by atoms with Crippen molar-refractivity contribution in [3.05, 3.63) is 36.0 Å². The highest BCUT2D eigenvalue weighted by atomic mass is 16.5. The topological polar surface area (TPSA) is 71.3 Å². The van der Waals surface area contributed by atoms with Crippen LogP contribution in [0.25, 0.3) is 10.9 Å². The summed E-state index contributed by atoms with van der Waals surface area (Å²) in [4.78, 5) is 17.3. The van der Waals surface area contributed by atoms with E-state index in [-0.39, 0.29) is 5.91 Å². The van der Waals surface area contributed by atoms with Gasteiger partial charge in [-0.3, -0.25) is 4.79 Å². The Morgan fingerprint density at radius 1 is 1.43 bits per heavy atom. The number of nitrogens with zero attached hydrogens (tertiary/aromatic N) is 1. The molecule has 1 atom stereocenters. The van der Waals surface area contributed by atoms with Crippen LogP contribution in [-0.4, -0.2) is 48.6 Å². The molecule has 1 heterocycles. The third kappa shape index (κ3) is 3.62. The van der Waals surface area contributed by atoms with Gasteiger partial charge < -0.3 is 20.4 Å². The third-order valence-electron chi connectivity index (χ3n) is 3.69. The largest absolute Gasteiger partial charge is 0.383 e. The highest BCUT2D eigenvalue weighted by Gasteiger charge is 2.21. The molecule has 0 bridgehead atoms. The molecule has 0 saturated heterocycles. The number of para-hydroxylation sites is 1. The van der Waals surface area contributed by atoms with Gasteiger partial charge in [0.15, 0.2) is 0 Å². The third-order valence-corrected chi connectivity index (χ3v) is 3.69. The maximum atomic E-state index is 12.4. The predicted octanol–water partition coefficient (Wildman–Crippen LogP) is 1.53. The first-order chi connectivity index (χ1) is 10.2. The van der Waals surface area contributed by atoms with E-state index in [9.17, 15) is 4.79 Å². The molecule has 114 valence electrons. The van der Waals surface area contributed by atoms with Gasteiger partial charge in [-0.15, -0.1) is 0 Å². The van der Waals surface area contributed by atoms with E-state index in [2.05, 4.69) is 4.98 Å². The molecule has 21 heavy (non-hydrogen) atoms. The summed E-state index contributed by atoms with van der Waals surface area (Å²) in [6.07, 6.45) is 2.47. The number of carbonyl (C=O) groups is 1. The maximum Gasteiger partial charge on any atom is 0.239 e. The number of methoxy groups -OCH3 is 1. The van der Waals surface area contributed by atoms with E-state index in [1.165, 1.54) is 0 Å². The number of amides is 1. The minimum absolute atomic E-state index is 0.0279. The van der Waals surface area contributed by atoms with Crippen LogP contribution in [0.3, 0.4) is 0 Å². The smallest absolute Gasteiger partial charge is 0.239 e. The van der Waals surface area contributed by atoms with Gasteiger partial charge in [-0.1, -0.05) is 18.2 Å². The summed E-state index contributed by atoms with van der Waals surface area (Å²) >= 11 is 0. The summed E-state index contributed by atoms with van der Waals surface area (Å²) in [6.45, 7) is 3.70. The van der Waals surface area contributed by atoms with Crippen LogP contribution in [0.1, 0.15) is 12.5 Å². The molecule has 2 aromatic rings. The van der Waals surface area contributed by atoms with E-state index >= 15 is 0 Å². The Morgan fingerprint density at radius 3 is 2.90 bits per heavy atom. The van der Waals surface area contributed by atoms with E-state index in [0.717, 1.165) is 16.5 Å². The van der Waals surface area contributed by atoms with Crippen molar-refractivity contribution in [2.45, 2.75) is 19.4 Å². The molecular weight excluding hydrogens is 266 g/mol. The number of rotatable bonds is 7. The maximum absolute atomic E-state index is 12.4. The lowest BCUT2D eigenvalue weighted by atomic mass is 10.0. The molecule has 0 fully saturated rings. The Morgan fingerprint density at radius 2 is 2.19 bits per heavy atom. The molecule has 0 radical (unpaired) electrons. The first-order valence-corrected chi connectivity index (χ1v) is 7.25. The average molecular weight is 289 g/mol. The Balaban J connectivity index is 2.06. The normalized spacial score (nSPS) is 12.5. The van der Waals surface area contributed by atoms with Crippen LogP contribution < -0.4 is 5.73 Å². The SMILES string of the molecule is CCN(CCOC)C(=O)[C@@H](N)Cc1c[nH]c2ccccc12. The molecule has 0 aliphatic carbocycles. The average Bonchev–Trinajstić information content (AvgIpc) is 2.91. The molecule has 5 nitrogen and oxygen atoms in total. The lowest BCUT2D eigenvalue weighted by molar-refractivity contribution is -0.133. The molecule has 0 saturated carbocycles. The summed E-state index contributed by atoms with van der Waals surface area (Å²) in [5.74, 6) is -0.0279. The van der Waals surface area contributed by atoms with Gasteiger partial charge in [0.2, 0.25) is 5.91 Å². The number of H-pyrrole nitrogens is 1. The van der Waals surface area contributed by atoms with Gasteiger partial charge in [0, 0.05) is 37.3 Å². The number of hydrogen-bond acceptors (Lipinski definition) is 3. The number of carbonyl (C=O) groups excluding carboxylic acids is 1. The zero-order valence-corrected chi connectivity index (χ0v) is 12.6. The van der Waals surface area contributed by atoms with E-state index in [4.69, 9.17) is 10.5 Å². The van der Waals surface area contributed by atoms with Crippen molar-refractivity contribution in [2.75, 3.05) is 26.8 Å². The predicted molar refractivity (Wildman–Crippen MR) is 84.1 cm³/mol. The van der Waals surface area contributed by atoms with Gasteiger partial charge in [0.25, 0.3) is 0 Å². The van der Waals surface area contributed by atoms with E-state index in [0.29, 0.717) is 26.1 Å². The van der Waals surface area contributed by atoms with Crippen molar-refractivity contribution in [3.8, 4) is 0 Å². The van der Waals surface area contributed by atoms with Crippen molar-refractivity contribution in [3.63, 3.8) is 0 Å². The van der Waals surface area contributed by atoms with Crippen LogP contribution in [0.15, 0.2) is 30.5 Å². The summed E-state index contributed by atoms with van der Waals surface area (Å²) in [5, 5.41) is 1.13. The monoisotopic (exact) mass is 289 g/mol. The van der Waals surface area contributed by atoms with Crippen LogP contribution in [0, 0.1) is 0 Å². The number of hydrogen-bond donors (Lipinski definition) is 2. The molecule has 0 aliphatic rings. The molecular formula is C16H23N3O2. The van der Waals surface area contributed by atoms with Gasteiger partial charge in [0.1, 0.15) is 0 Å². The summed E-state index contributed by atoms with van der Waals surface area (Å²) in [5.41, 5.74) is 8.25. The lowest BCUT2D eigenvalue weighted by Gasteiger charge is -2.24. The Kier molecular flexibility index (Phi) is 5.36. The van der Waals surface area contributed by atoms with Gasteiger partial charge in [-0.2, -0.15) is 0 Å². The molecule has 5 heteroatoms. The second kappa shape index (κ2) is 7.24. The highest BCUT2D eigenvalue weighted by molar-refractivity contribution is 5.86. The molecule has 1 aromatic heterocycles.